The highest BCUT2D eigenvalue weighted by Gasteiger charge is 2.55. The molecule has 2 saturated carbocycles. The van der Waals surface area contributed by atoms with Crippen LogP contribution in [-0.4, -0.2) is 5.78 Å². The summed E-state index contributed by atoms with van der Waals surface area (Å²) in [6.07, 6.45) is 4.51. The minimum Gasteiger partial charge on any atom is -0.299 e. The monoisotopic (exact) mass is 240 g/mol. The zero-order valence-electron chi connectivity index (χ0n) is 8.41. The first-order valence-corrected chi connectivity index (χ1v) is 6.72. The van der Waals surface area contributed by atoms with Crippen LogP contribution in [-0.2, 0) is 11.2 Å². The summed E-state index contributed by atoms with van der Waals surface area (Å²) >= 11 is 7.38. The van der Waals surface area contributed by atoms with Crippen molar-refractivity contribution in [2.75, 3.05) is 0 Å². The van der Waals surface area contributed by atoms with E-state index in [-0.39, 0.29) is 0 Å². The van der Waals surface area contributed by atoms with E-state index in [1.807, 2.05) is 12.1 Å². The molecule has 2 atom stereocenters. The van der Waals surface area contributed by atoms with Gasteiger partial charge in [-0.15, -0.1) is 11.3 Å². The van der Waals surface area contributed by atoms with Crippen LogP contribution in [0.3, 0.4) is 0 Å². The minimum atomic E-state index is 0.402. The number of carbonyl (C=O) groups is 1. The lowest BCUT2D eigenvalue weighted by Gasteiger charge is -2.00. The van der Waals surface area contributed by atoms with E-state index in [4.69, 9.17) is 11.6 Å². The van der Waals surface area contributed by atoms with Crippen molar-refractivity contribution in [2.45, 2.75) is 25.7 Å². The average Bonchev–Trinajstić information content (AvgIpc) is 2.60. The molecule has 1 aromatic heterocycles. The second-order valence-corrected chi connectivity index (χ2v) is 6.43. The van der Waals surface area contributed by atoms with Gasteiger partial charge in [-0.2, -0.15) is 0 Å². The molecule has 0 aliphatic heterocycles. The lowest BCUT2D eigenvalue weighted by Crippen LogP contribution is -2.07. The molecule has 3 rings (SSSR count). The number of halogens is 1. The first kappa shape index (κ1) is 9.86. The summed E-state index contributed by atoms with van der Waals surface area (Å²) < 4.78 is 0.786. The Morgan fingerprint density at radius 3 is 2.73 bits per heavy atom. The standard InChI is InChI=1S/C12H13ClOS/c13-11-5-4-7(15-11)6-10(14)12-8-2-1-3-9(8)12/h4-5,8-9,12H,1-3,6H2. The van der Waals surface area contributed by atoms with E-state index in [9.17, 15) is 4.79 Å². The normalized spacial score (nSPS) is 32.7. The number of fused-ring (bicyclic) bond motifs is 1. The Morgan fingerprint density at radius 2 is 2.13 bits per heavy atom. The maximum atomic E-state index is 12.0. The highest BCUT2D eigenvalue weighted by molar-refractivity contribution is 7.16. The van der Waals surface area contributed by atoms with Crippen LogP contribution in [0.1, 0.15) is 24.1 Å². The van der Waals surface area contributed by atoms with Crippen molar-refractivity contribution in [3.05, 3.63) is 21.3 Å². The van der Waals surface area contributed by atoms with Gasteiger partial charge in [-0.1, -0.05) is 18.0 Å². The molecule has 0 amide bonds. The van der Waals surface area contributed by atoms with Gasteiger partial charge in [-0.25, -0.2) is 0 Å². The molecule has 0 bridgehead atoms. The van der Waals surface area contributed by atoms with Crippen molar-refractivity contribution >= 4 is 28.7 Å². The molecule has 3 heteroatoms. The van der Waals surface area contributed by atoms with Gasteiger partial charge in [0.05, 0.1) is 4.34 Å². The maximum absolute atomic E-state index is 12.0. The molecule has 1 aromatic rings. The third-order valence-corrected chi connectivity index (χ3v) is 4.99. The van der Waals surface area contributed by atoms with E-state index in [0.29, 0.717) is 18.1 Å². The third kappa shape index (κ3) is 1.74. The molecule has 0 spiro atoms. The van der Waals surface area contributed by atoms with E-state index in [1.54, 1.807) is 0 Å². The number of hydrogen-bond acceptors (Lipinski definition) is 2. The Bertz CT molecular complexity index is 388. The molecule has 1 nitrogen and oxygen atoms in total. The first-order chi connectivity index (χ1) is 7.25. The van der Waals surface area contributed by atoms with Crippen LogP contribution in [0, 0.1) is 17.8 Å². The molecular formula is C12H13ClOS. The summed E-state index contributed by atoms with van der Waals surface area (Å²) in [4.78, 5) is 13.1. The van der Waals surface area contributed by atoms with Gasteiger partial charge in [-0.05, 0) is 36.8 Å². The molecule has 0 aromatic carbocycles. The molecule has 2 aliphatic carbocycles. The SMILES string of the molecule is O=C(Cc1ccc(Cl)s1)C1C2CCCC21. The highest BCUT2D eigenvalue weighted by Crippen LogP contribution is 2.58. The zero-order chi connectivity index (χ0) is 10.4. The summed E-state index contributed by atoms with van der Waals surface area (Å²) in [5, 5.41) is 0. The van der Waals surface area contributed by atoms with Crippen LogP contribution in [0.4, 0.5) is 0 Å². The highest BCUT2D eigenvalue weighted by atomic mass is 35.5. The molecule has 0 radical (unpaired) electrons. The van der Waals surface area contributed by atoms with Crippen molar-refractivity contribution < 1.29 is 4.79 Å². The van der Waals surface area contributed by atoms with Crippen molar-refractivity contribution in [1.82, 2.24) is 0 Å². The largest absolute Gasteiger partial charge is 0.299 e. The summed E-state index contributed by atoms with van der Waals surface area (Å²) in [5.41, 5.74) is 0. The predicted octanol–water partition coefficient (Wildman–Crippen LogP) is 3.56. The third-order valence-electron chi connectivity index (χ3n) is 3.76. The Morgan fingerprint density at radius 1 is 1.40 bits per heavy atom. The maximum Gasteiger partial charge on any atom is 0.141 e. The number of rotatable bonds is 3. The number of thiophene rings is 1. The van der Waals surface area contributed by atoms with Crippen molar-refractivity contribution in [3.8, 4) is 0 Å². The molecule has 1 heterocycles. The molecule has 0 saturated heterocycles. The summed E-state index contributed by atoms with van der Waals surface area (Å²) in [6.45, 7) is 0. The fraction of sp³-hybridized carbons (Fsp3) is 0.583. The van der Waals surface area contributed by atoms with Gasteiger partial charge in [0.15, 0.2) is 0 Å². The number of carbonyl (C=O) groups excluding carboxylic acids is 1. The van der Waals surface area contributed by atoms with Gasteiger partial charge >= 0.3 is 0 Å². The van der Waals surface area contributed by atoms with Crippen LogP contribution in [0.15, 0.2) is 12.1 Å². The minimum absolute atomic E-state index is 0.402. The molecule has 2 unspecified atom stereocenters. The number of Topliss-reactive ketones (excluding diaryl/α,β-unsaturated/α-hetero) is 1. The van der Waals surface area contributed by atoms with Crippen LogP contribution >= 0.6 is 22.9 Å². The molecule has 80 valence electrons. The van der Waals surface area contributed by atoms with Crippen molar-refractivity contribution in [1.29, 1.82) is 0 Å². The van der Waals surface area contributed by atoms with Gasteiger partial charge < -0.3 is 0 Å². The fourth-order valence-electron chi connectivity index (χ4n) is 3.04. The van der Waals surface area contributed by atoms with E-state index in [0.717, 1.165) is 21.0 Å². The van der Waals surface area contributed by atoms with E-state index in [2.05, 4.69) is 0 Å². The van der Waals surface area contributed by atoms with Crippen molar-refractivity contribution in [3.63, 3.8) is 0 Å². The fourth-order valence-corrected chi connectivity index (χ4v) is 4.13. The quantitative estimate of drug-likeness (QED) is 0.790. The molecule has 15 heavy (non-hydrogen) atoms. The lowest BCUT2D eigenvalue weighted by atomic mass is 10.1. The Balaban J connectivity index is 1.63. The van der Waals surface area contributed by atoms with E-state index >= 15 is 0 Å². The van der Waals surface area contributed by atoms with Gasteiger partial charge in [0.2, 0.25) is 0 Å². The number of ketones is 1. The van der Waals surface area contributed by atoms with Gasteiger partial charge in [-0.3, -0.25) is 4.79 Å². The average molecular weight is 241 g/mol. The zero-order valence-corrected chi connectivity index (χ0v) is 9.98. The van der Waals surface area contributed by atoms with Crippen LogP contribution in [0.25, 0.3) is 0 Å². The smallest absolute Gasteiger partial charge is 0.141 e. The Hall–Kier alpha value is -0.340. The van der Waals surface area contributed by atoms with Crippen LogP contribution < -0.4 is 0 Å². The van der Waals surface area contributed by atoms with Crippen molar-refractivity contribution in [2.24, 2.45) is 17.8 Å². The molecule has 2 aliphatic rings. The Kier molecular flexibility index (Phi) is 2.37. The molecular weight excluding hydrogens is 228 g/mol. The van der Waals surface area contributed by atoms with Gasteiger partial charge in [0.25, 0.3) is 0 Å². The predicted molar refractivity (Wildman–Crippen MR) is 62.4 cm³/mol. The second kappa shape index (κ2) is 3.60. The first-order valence-electron chi connectivity index (χ1n) is 5.52. The van der Waals surface area contributed by atoms with E-state index in [1.165, 1.54) is 30.6 Å². The van der Waals surface area contributed by atoms with Crippen LogP contribution in [0.5, 0.6) is 0 Å². The molecule has 2 fully saturated rings. The topological polar surface area (TPSA) is 17.1 Å². The van der Waals surface area contributed by atoms with Gasteiger partial charge in [0, 0.05) is 17.2 Å². The summed E-state index contributed by atoms with van der Waals surface area (Å²) in [6, 6.07) is 3.85. The van der Waals surface area contributed by atoms with Crippen LogP contribution in [0.2, 0.25) is 4.34 Å². The lowest BCUT2D eigenvalue weighted by molar-refractivity contribution is -0.120. The summed E-state index contributed by atoms with van der Waals surface area (Å²) in [7, 11) is 0. The van der Waals surface area contributed by atoms with E-state index < -0.39 is 0 Å². The number of hydrogen-bond donors (Lipinski definition) is 0. The van der Waals surface area contributed by atoms with Gasteiger partial charge in [0.1, 0.15) is 5.78 Å². The summed E-state index contributed by atoms with van der Waals surface area (Å²) in [5.74, 6) is 2.34. The molecule has 0 N–H and O–H groups in total. The second-order valence-electron chi connectivity index (χ2n) is 4.63. The Labute approximate surface area is 98.4 Å².